The largest absolute Gasteiger partial charge is 0.302 e. The minimum atomic E-state index is -3.06. The Kier molecular flexibility index (Phi) is 4.81. The summed E-state index contributed by atoms with van der Waals surface area (Å²) >= 11 is 1.50. The molecule has 26 heavy (non-hydrogen) atoms. The van der Waals surface area contributed by atoms with Crippen LogP contribution in [0.4, 0.5) is 5.13 Å². The van der Waals surface area contributed by atoms with Crippen LogP contribution in [0, 0.1) is 5.92 Å². The molecule has 1 fully saturated rings. The monoisotopic (exact) mass is 391 g/mol. The number of carbonyl (C=O) groups excluding carboxylic acids is 1. The van der Waals surface area contributed by atoms with Gasteiger partial charge in [-0.25, -0.2) is 13.4 Å². The summed E-state index contributed by atoms with van der Waals surface area (Å²) in [7, 11) is -3.06. The van der Waals surface area contributed by atoms with Crippen molar-refractivity contribution in [1.29, 1.82) is 0 Å². The van der Waals surface area contributed by atoms with E-state index in [1.807, 2.05) is 18.2 Å². The summed E-state index contributed by atoms with van der Waals surface area (Å²) in [5, 5.41) is 3.42. The molecule has 0 aliphatic carbocycles. The average Bonchev–Trinajstić information content (AvgIpc) is 3.17. The Morgan fingerprint density at radius 2 is 2.12 bits per heavy atom. The van der Waals surface area contributed by atoms with Crippen LogP contribution in [-0.4, -0.2) is 42.3 Å². The molecule has 1 aromatic carbocycles. The average molecular weight is 392 g/mol. The van der Waals surface area contributed by atoms with E-state index in [1.165, 1.54) is 21.8 Å². The smallest absolute Gasteiger partial charge is 0.230 e. The first-order valence-electron chi connectivity index (χ1n) is 8.75. The van der Waals surface area contributed by atoms with Crippen LogP contribution >= 0.6 is 11.3 Å². The van der Waals surface area contributed by atoms with Gasteiger partial charge in [-0.05, 0) is 12.0 Å². The van der Waals surface area contributed by atoms with Gasteiger partial charge in [0.15, 0.2) is 15.0 Å². The van der Waals surface area contributed by atoms with Gasteiger partial charge >= 0.3 is 0 Å². The number of amides is 1. The van der Waals surface area contributed by atoms with Gasteiger partial charge < -0.3 is 5.32 Å². The molecule has 2 aromatic rings. The highest BCUT2D eigenvalue weighted by atomic mass is 32.2. The molecule has 3 heterocycles. The molecule has 6 nitrogen and oxygen atoms in total. The second-order valence-electron chi connectivity index (χ2n) is 6.92. The number of carbonyl (C=O) groups is 1. The SMILES string of the molecule is O=C(Nc1nc2c(s1)CN(Cc1ccccc1)CC2)[C@H]1CCS(=O)(=O)C1. The van der Waals surface area contributed by atoms with E-state index < -0.39 is 15.8 Å². The summed E-state index contributed by atoms with van der Waals surface area (Å²) in [6.45, 7) is 2.68. The number of hydrogen-bond donors (Lipinski definition) is 1. The number of aromatic nitrogens is 1. The van der Waals surface area contributed by atoms with Gasteiger partial charge in [0.1, 0.15) is 0 Å². The Morgan fingerprint density at radius 3 is 2.85 bits per heavy atom. The zero-order valence-corrected chi connectivity index (χ0v) is 16.0. The number of anilines is 1. The van der Waals surface area contributed by atoms with Crippen LogP contribution in [0.3, 0.4) is 0 Å². The van der Waals surface area contributed by atoms with Crippen molar-refractivity contribution < 1.29 is 13.2 Å². The molecule has 1 atom stereocenters. The van der Waals surface area contributed by atoms with Crippen molar-refractivity contribution in [2.24, 2.45) is 5.92 Å². The first-order valence-corrected chi connectivity index (χ1v) is 11.4. The van der Waals surface area contributed by atoms with Gasteiger partial charge in [0, 0.05) is 30.9 Å². The van der Waals surface area contributed by atoms with Crippen LogP contribution in [0.25, 0.3) is 0 Å². The maximum atomic E-state index is 12.3. The number of hydrogen-bond acceptors (Lipinski definition) is 6. The van der Waals surface area contributed by atoms with Gasteiger partial charge in [0.25, 0.3) is 0 Å². The summed E-state index contributed by atoms with van der Waals surface area (Å²) < 4.78 is 23.1. The number of nitrogens with zero attached hydrogens (tertiary/aromatic N) is 2. The molecule has 8 heteroatoms. The zero-order valence-electron chi connectivity index (χ0n) is 14.3. The first kappa shape index (κ1) is 17.6. The topological polar surface area (TPSA) is 79.4 Å². The lowest BCUT2D eigenvalue weighted by molar-refractivity contribution is -0.119. The van der Waals surface area contributed by atoms with Crippen molar-refractivity contribution in [2.45, 2.75) is 25.9 Å². The Labute approximate surface area is 157 Å². The van der Waals surface area contributed by atoms with E-state index >= 15 is 0 Å². The number of benzene rings is 1. The van der Waals surface area contributed by atoms with E-state index in [-0.39, 0.29) is 17.4 Å². The molecule has 2 aliphatic heterocycles. The third kappa shape index (κ3) is 3.97. The number of rotatable bonds is 4. The van der Waals surface area contributed by atoms with E-state index in [0.29, 0.717) is 11.6 Å². The van der Waals surface area contributed by atoms with E-state index in [2.05, 4.69) is 27.3 Å². The van der Waals surface area contributed by atoms with Gasteiger partial charge in [0.2, 0.25) is 5.91 Å². The molecule has 138 valence electrons. The molecule has 0 unspecified atom stereocenters. The molecule has 0 radical (unpaired) electrons. The second kappa shape index (κ2) is 7.09. The van der Waals surface area contributed by atoms with Crippen molar-refractivity contribution in [2.75, 3.05) is 23.4 Å². The number of nitrogens with one attached hydrogen (secondary N) is 1. The zero-order chi connectivity index (χ0) is 18.1. The molecular weight excluding hydrogens is 370 g/mol. The normalized spacial score (nSPS) is 22.1. The van der Waals surface area contributed by atoms with E-state index in [9.17, 15) is 13.2 Å². The van der Waals surface area contributed by atoms with Gasteiger partial charge in [-0.3, -0.25) is 9.69 Å². The van der Waals surface area contributed by atoms with E-state index in [4.69, 9.17) is 0 Å². The highest BCUT2D eigenvalue weighted by Crippen LogP contribution is 2.30. The summed E-state index contributed by atoms with van der Waals surface area (Å²) in [6.07, 6.45) is 1.27. The van der Waals surface area contributed by atoms with Crippen LogP contribution in [0.15, 0.2) is 30.3 Å². The van der Waals surface area contributed by atoms with Crippen molar-refractivity contribution in [3.05, 3.63) is 46.5 Å². The highest BCUT2D eigenvalue weighted by Gasteiger charge is 2.33. The maximum absolute atomic E-state index is 12.3. The van der Waals surface area contributed by atoms with Gasteiger partial charge in [0.05, 0.1) is 23.1 Å². The minimum Gasteiger partial charge on any atom is -0.302 e. The maximum Gasteiger partial charge on any atom is 0.230 e. The molecule has 0 saturated carbocycles. The van der Waals surface area contributed by atoms with Crippen LogP contribution < -0.4 is 5.32 Å². The number of thiazole rings is 1. The molecule has 0 bridgehead atoms. The minimum absolute atomic E-state index is 0.0468. The van der Waals surface area contributed by atoms with E-state index in [1.54, 1.807) is 0 Å². The summed E-state index contributed by atoms with van der Waals surface area (Å²) in [5.41, 5.74) is 2.34. The molecule has 1 N–H and O–H groups in total. The second-order valence-corrected chi connectivity index (χ2v) is 10.2. The van der Waals surface area contributed by atoms with Crippen LogP contribution in [0.5, 0.6) is 0 Å². The molecule has 2 aliphatic rings. The highest BCUT2D eigenvalue weighted by molar-refractivity contribution is 7.91. The quantitative estimate of drug-likeness (QED) is 0.863. The Bertz CT molecular complexity index is 909. The fraction of sp³-hybridized carbons (Fsp3) is 0.444. The van der Waals surface area contributed by atoms with Crippen molar-refractivity contribution in [3.8, 4) is 0 Å². The predicted octanol–water partition coefficient (Wildman–Crippen LogP) is 2.07. The van der Waals surface area contributed by atoms with Crippen LogP contribution in [0.1, 0.15) is 22.6 Å². The molecule has 1 aromatic heterocycles. The summed E-state index contributed by atoms with van der Waals surface area (Å²) in [6, 6.07) is 10.4. The van der Waals surface area contributed by atoms with Crippen molar-refractivity contribution >= 4 is 32.2 Å². The lowest BCUT2D eigenvalue weighted by Crippen LogP contribution is -2.29. The molecule has 0 spiro atoms. The molecule has 4 rings (SSSR count). The van der Waals surface area contributed by atoms with Crippen molar-refractivity contribution in [1.82, 2.24) is 9.88 Å². The number of sulfone groups is 1. The number of fused-ring (bicyclic) bond motifs is 1. The Balaban J connectivity index is 1.39. The lowest BCUT2D eigenvalue weighted by atomic mass is 10.1. The summed E-state index contributed by atoms with van der Waals surface area (Å²) in [5.74, 6) is -0.614. The van der Waals surface area contributed by atoms with Crippen LogP contribution in [-0.2, 0) is 34.1 Å². The van der Waals surface area contributed by atoms with Gasteiger partial charge in [-0.15, -0.1) is 11.3 Å². The van der Waals surface area contributed by atoms with Gasteiger partial charge in [-0.2, -0.15) is 0 Å². The summed E-state index contributed by atoms with van der Waals surface area (Å²) in [4.78, 5) is 20.4. The Morgan fingerprint density at radius 1 is 1.31 bits per heavy atom. The molecule has 1 saturated heterocycles. The molecule has 1 amide bonds. The third-order valence-corrected chi connectivity index (χ3v) is 7.66. The predicted molar refractivity (Wildman–Crippen MR) is 102 cm³/mol. The standard InChI is InChI=1S/C18H21N3O3S2/c22-17(14-7-9-26(23,24)12-14)20-18-19-15-6-8-21(11-16(15)25-18)10-13-4-2-1-3-5-13/h1-5,14H,6-12H2,(H,19,20,22)/t14-/m0/s1. The van der Waals surface area contributed by atoms with Crippen molar-refractivity contribution in [3.63, 3.8) is 0 Å². The Hall–Kier alpha value is -1.77. The van der Waals surface area contributed by atoms with E-state index in [0.717, 1.165) is 31.7 Å². The first-order chi connectivity index (χ1) is 12.5. The third-order valence-electron chi connectivity index (χ3n) is 4.89. The van der Waals surface area contributed by atoms with Crippen LogP contribution in [0.2, 0.25) is 0 Å². The lowest BCUT2D eigenvalue weighted by Gasteiger charge is -2.25. The van der Waals surface area contributed by atoms with Gasteiger partial charge in [-0.1, -0.05) is 30.3 Å². The fourth-order valence-corrected chi connectivity index (χ4v) is 6.28. The molecular formula is C18H21N3O3S2. The fourth-order valence-electron chi connectivity index (χ4n) is 3.49.